The molecule has 0 radical (unpaired) electrons. The van der Waals surface area contributed by atoms with E-state index in [1.165, 1.54) is 9.75 Å². The molecule has 112 valence electrons. The van der Waals surface area contributed by atoms with Gasteiger partial charge in [0.15, 0.2) is 0 Å². The van der Waals surface area contributed by atoms with Crippen molar-refractivity contribution in [1.82, 2.24) is 15.6 Å². The van der Waals surface area contributed by atoms with Crippen molar-refractivity contribution in [1.29, 1.82) is 0 Å². The van der Waals surface area contributed by atoms with E-state index in [0.717, 1.165) is 17.7 Å². The second kappa shape index (κ2) is 7.22. The van der Waals surface area contributed by atoms with Crippen molar-refractivity contribution < 1.29 is 4.79 Å². The Hall–Kier alpha value is -1.88. The molecule has 0 fully saturated rings. The fraction of sp³-hybridized carbons (Fsp3) is 0.375. The minimum Gasteiger partial charge on any atom is -0.335 e. The van der Waals surface area contributed by atoms with Gasteiger partial charge in [-0.3, -0.25) is 4.98 Å². The highest BCUT2D eigenvalue weighted by Crippen LogP contribution is 2.16. The van der Waals surface area contributed by atoms with Crippen LogP contribution >= 0.6 is 11.3 Å². The molecular weight excluding hydrogens is 282 g/mol. The van der Waals surface area contributed by atoms with Gasteiger partial charge in [-0.25, -0.2) is 4.79 Å². The maximum absolute atomic E-state index is 11.8. The first-order valence-electron chi connectivity index (χ1n) is 7.04. The van der Waals surface area contributed by atoms with Gasteiger partial charge in [0.2, 0.25) is 0 Å². The largest absolute Gasteiger partial charge is 0.335 e. The van der Waals surface area contributed by atoms with Crippen LogP contribution in [0.15, 0.2) is 30.5 Å². The second-order valence-corrected chi connectivity index (χ2v) is 6.62. The highest BCUT2D eigenvalue weighted by molar-refractivity contribution is 7.11. The van der Waals surface area contributed by atoms with Crippen molar-refractivity contribution in [3.63, 3.8) is 0 Å². The number of pyridine rings is 1. The van der Waals surface area contributed by atoms with Gasteiger partial charge in [-0.05, 0) is 44.5 Å². The molecule has 5 heteroatoms. The van der Waals surface area contributed by atoms with E-state index >= 15 is 0 Å². The summed E-state index contributed by atoms with van der Waals surface area (Å²) in [6, 6.07) is 8.11. The molecular formula is C16H21N3OS. The van der Waals surface area contributed by atoms with Crippen LogP contribution in [0.4, 0.5) is 4.79 Å². The number of nitrogens with one attached hydrogen (secondary N) is 2. The molecule has 2 aromatic heterocycles. The lowest BCUT2D eigenvalue weighted by atomic mass is 10.2. The number of aromatic nitrogens is 1. The molecule has 0 aliphatic rings. The lowest BCUT2D eigenvalue weighted by Gasteiger charge is -2.14. The molecule has 0 saturated carbocycles. The number of carbonyl (C=O) groups is 1. The van der Waals surface area contributed by atoms with Crippen LogP contribution in [0, 0.1) is 13.8 Å². The van der Waals surface area contributed by atoms with Crippen molar-refractivity contribution >= 4 is 17.4 Å². The molecule has 1 atom stereocenters. The van der Waals surface area contributed by atoms with Crippen LogP contribution in [-0.4, -0.2) is 17.1 Å². The van der Waals surface area contributed by atoms with Gasteiger partial charge in [-0.1, -0.05) is 6.07 Å². The van der Waals surface area contributed by atoms with Crippen molar-refractivity contribution in [2.75, 3.05) is 0 Å². The number of amides is 2. The first-order valence-corrected chi connectivity index (χ1v) is 7.86. The van der Waals surface area contributed by atoms with E-state index in [9.17, 15) is 4.79 Å². The van der Waals surface area contributed by atoms with Gasteiger partial charge in [-0.2, -0.15) is 0 Å². The van der Waals surface area contributed by atoms with Crippen molar-refractivity contribution in [3.05, 3.63) is 51.5 Å². The molecule has 0 spiro atoms. The minimum atomic E-state index is -0.142. The number of nitrogens with zero attached hydrogens (tertiary/aromatic N) is 1. The molecule has 0 aliphatic heterocycles. The lowest BCUT2D eigenvalue weighted by Crippen LogP contribution is -2.41. The molecule has 2 heterocycles. The van der Waals surface area contributed by atoms with E-state index in [-0.39, 0.29) is 12.1 Å². The Kier molecular flexibility index (Phi) is 5.33. The molecule has 0 bridgehead atoms. The minimum absolute atomic E-state index is 0.110. The van der Waals surface area contributed by atoms with Crippen molar-refractivity contribution in [2.24, 2.45) is 0 Å². The Morgan fingerprint density at radius 1 is 1.29 bits per heavy atom. The Balaban J connectivity index is 1.74. The predicted molar refractivity (Wildman–Crippen MR) is 86.6 cm³/mol. The second-order valence-electron chi connectivity index (χ2n) is 5.25. The lowest BCUT2D eigenvalue weighted by molar-refractivity contribution is 0.237. The zero-order valence-electron chi connectivity index (χ0n) is 12.6. The number of rotatable bonds is 5. The van der Waals surface area contributed by atoms with Gasteiger partial charge in [0.1, 0.15) is 0 Å². The fourth-order valence-electron chi connectivity index (χ4n) is 2.01. The number of aryl methyl sites for hydroxylation is 2. The molecule has 0 saturated heterocycles. The van der Waals surface area contributed by atoms with Crippen LogP contribution in [-0.2, 0) is 13.0 Å². The third-order valence-electron chi connectivity index (χ3n) is 3.11. The Morgan fingerprint density at radius 3 is 2.71 bits per heavy atom. The summed E-state index contributed by atoms with van der Waals surface area (Å²) in [4.78, 5) is 18.6. The van der Waals surface area contributed by atoms with Gasteiger partial charge in [0.25, 0.3) is 0 Å². The van der Waals surface area contributed by atoms with E-state index in [1.807, 2.05) is 26.0 Å². The van der Waals surface area contributed by atoms with Gasteiger partial charge in [0, 0.05) is 40.7 Å². The van der Waals surface area contributed by atoms with E-state index in [0.29, 0.717) is 6.54 Å². The average Bonchev–Trinajstić information content (AvgIpc) is 2.83. The van der Waals surface area contributed by atoms with Gasteiger partial charge in [-0.15, -0.1) is 11.3 Å². The third-order valence-corrected chi connectivity index (χ3v) is 4.13. The normalized spacial score (nSPS) is 12.0. The standard InChI is InChI=1S/C16H21N3OS/c1-11-4-6-14(9-17-11)10-18-16(20)19-12(2)8-15-7-5-13(3)21-15/h4-7,9,12H,8,10H2,1-3H3,(H2,18,19,20)/t12-/m0/s1. The third kappa shape index (κ3) is 5.19. The van der Waals surface area contributed by atoms with Crippen LogP contribution in [0.25, 0.3) is 0 Å². The first-order chi connectivity index (χ1) is 10.0. The summed E-state index contributed by atoms with van der Waals surface area (Å²) in [5.41, 5.74) is 1.97. The monoisotopic (exact) mass is 303 g/mol. The molecule has 2 N–H and O–H groups in total. The Bertz CT molecular complexity index is 592. The van der Waals surface area contributed by atoms with Crippen LogP contribution < -0.4 is 10.6 Å². The topological polar surface area (TPSA) is 54.0 Å². The zero-order valence-corrected chi connectivity index (χ0v) is 13.5. The summed E-state index contributed by atoms with van der Waals surface area (Å²) in [5.74, 6) is 0. The van der Waals surface area contributed by atoms with Crippen molar-refractivity contribution in [3.8, 4) is 0 Å². The SMILES string of the molecule is Cc1ccc(CNC(=O)N[C@@H](C)Cc2ccc(C)s2)cn1. The summed E-state index contributed by atoms with van der Waals surface area (Å²) >= 11 is 1.77. The van der Waals surface area contributed by atoms with Gasteiger partial charge >= 0.3 is 6.03 Å². The molecule has 21 heavy (non-hydrogen) atoms. The van der Waals surface area contributed by atoms with E-state index in [2.05, 4.69) is 34.7 Å². The summed E-state index contributed by atoms with van der Waals surface area (Å²) in [5, 5.41) is 5.81. The van der Waals surface area contributed by atoms with E-state index < -0.39 is 0 Å². The zero-order chi connectivity index (χ0) is 15.2. The summed E-state index contributed by atoms with van der Waals surface area (Å²) < 4.78 is 0. The number of thiophene rings is 1. The van der Waals surface area contributed by atoms with Crippen molar-refractivity contribution in [2.45, 2.75) is 39.8 Å². The molecule has 4 nitrogen and oxygen atoms in total. The fourth-order valence-corrected chi connectivity index (χ4v) is 3.03. The Morgan fingerprint density at radius 2 is 2.10 bits per heavy atom. The first kappa shape index (κ1) is 15.5. The maximum atomic E-state index is 11.8. The van der Waals surface area contributed by atoms with Crippen LogP contribution in [0.1, 0.15) is 27.9 Å². The molecule has 2 amide bonds. The van der Waals surface area contributed by atoms with E-state index in [4.69, 9.17) is 0 Å². The molecule has 2 rings (SSSR count). The predicted octanol–water partition coefficient (Wildman–Crippen LogP) is 3.19. The molecule has 0 unspecified atom stereocenters. The Labute approximate surface area is 129 Å². The van der Waals surface area contributed by atoms with Gasteiger partial charge in [0.05, 0.1) is 0 Å². The maximum Gasteiger partial charge on any atom is 0.315 e. The van der Waals surface area contributed by atoms with Crippen LogP contribution in [0.2, 0.25) is 0 Å². The van der Waals surface area contributed by atoms with Crippen LogP contribution in [0.5, 0.6) is 0 Å². The average molecular weight is 303 g/mol. The smallest absolute Gasteiger partial charge is 0.315 e. The van der Waals surface area contributed by atoms with Crippen LogP contribution in [0.3, 0.4) is 0 Å². The van der Waals surface area contributed by atoms with Gasteiger partial charge < -0.3 is 10.6 Å². The highest BCUT2D eigenvalue weighted by atomic mass is 32.1. The molecule has 0 aromatic carbocycles. The summed E-state index contributed by atoms with van der Waals surface area (Å²) in [6.07, 6.45) is 2.64. The quantitative estimate of drug-likeness (QED) is 0.891. The number of carbonyl (C=O) groups excluding carboxylic acids is 1. The van der Waals surface area contributed by atoms with E-state index in [1.54, 1.807) is 17.5 Å². The number of hydrogen-bond acceptors (Lipinski definition) is 3. The number of urea groups is 1. The summed E-state index contributed by atoms with van der Waals surface area (Å²) in [7, 11) is 0. The number of hydrogen-bond donors (Lipinski definition) is 2. The highest BCUT2D eigenvalue weighted by Gasteiger charge is 2.09. The molecule has 2 aromatic rings. The molecule has 0 aliphatic carbocycles. The summed E-state index contributed by atoms with van der Waals surface area (Å²) in [6.45, 7) is 6.54.